The number of fused-ring (bicyclic) bond motifs is 1. The number of ether oxygens (including phenoxy) is 1. The smallest absolute Gasteiger partial charge is 0.256 e. The Morgan fingerprint density at radius 1 is 1.09 bits per heavy atom. The van der Waals surface area contributed by atoms with Gasteiger partial charge >= 0.3 is 0 Å². The summed E-state index contributed by atoms with van der Waals surface area (Å²) in [4.78, 5) is 14.1. The van der Waals surface area contributed by atoms with E-state index in [1.165, 1.54) is 32.3 Å². The van der Waals surface area contributed by atoms with Crippen molar-refractivity contribution >= 4 is 40.6 Å². The molecule has 3 aliphatic heterocycles. The van der Waals surface area contributed by atoms with Crippen molar-refractivity contribution < 1.29 is 4.74 Å². The Morgan fingerprint density at radius 2 is 1.88 bits per heavy atom. The molecule has 0 saturated carbocycles. The molecule has 0 spiro atoms. The third-order valence-corrected chi connectivity index (χ3v) is 8.21. The number of hydrogen-bond donors (Lipinski definition) is 1. The Labute approximate surface area is 209 Å². The van der Waals surface area contributed by atoms with E-state index in [4.69, 9.17) is 32.9 Å². The van der Waals surface area contributed by atoms with Gasteiger partial charge in [-0.1, -0.05) is 29.3 Å². The normalized spacial score (nSPS) is 21.4. The zero-order valence-corrected chi connectivity index (χ0v) is 20.7. The molecule has 3 aromatic rings. The number of piperidine rings is 1. The summed E-state index contributed by atoms with van der Waals surface area (Å²) in [6, 6.07) is 8.26. The highest BCUT2D eigenvalue weighted by Crippen LogP contribution is 2.36. The second-order valence-corrected chi connectivity index (χ2v) is 10.6. The molecular formula is C24H29Cl2N7O. The second-order valence-electron chi connectivity index (χ2n) is 9.73. The van der Waals surface area contributed by atoms with Crippen molar-refractivity contribution in [2.75, 3.05) is 49.6 Å². The van der Waals surface area contributed by atoms with Crippen molar-refractivity contribution in [2.45, 2.75) is 31.8 Å². The molecular weight excluding hydrogens is 473 g/mol. The van der Waals surface area contributed by atoms with Crippen molar-refractivity contribution in [2.24, 2.45) is 11.8 Å². The molecule has 34 heavy (non-hydrogen) atoms. The molecule has 3 fully saturated rings. The van der Waals surface area contributed by atoms with Gasteiger partial charge in [-0.05, 0) is 62.4 Å². The average molecular weight is 502 g/mol. The Hall–Kier alpha value is -2.13. The van der Waals surface area contributed by atoms with Crippen molar-refractivity contribution in [1.29, 1.82) is 0 Å². The molecule has 1 aromatic carbocycles. The van der Waals surface area contributed by atoms with Gasteiger partial charge in [-0.15, -0.1) is 0 Å². The van der Waals surface area contributed by atoms with Crippen LogP contribution < -0.4 is 10.2 Å². The first kappa shape index (κ1) is 22.3. The first-order valence-corrected chi connectivity index (χ1v) is 12.8. The average Bonchev–Trinajstić information content (AvgIpc) is 3.22. The highest BCUT2D eigenvalue weighted by Gasteiger charge is 2.38. The third kappa shape index (κ3) is 4.21. The van der Waals surface area contributed by atoms with Crippen LogP contribution in [0, 0.1) is 11.8 Å². The lowest BCUT2D eigenvalue weighted by Crippen LogP contribution is -2.55. The molecule has 8 nitrogen and oxygen atoms in total. The number of nitrogens with zero attached hydrogens (tertiary/aromatic N) is 6. The Morgan fingerprint density at radius 3 is 2.59 bits per heavy atom. The van der Waals surface area contributed by atoms with Gasteiger partial charge in [0, 0.05) is 29.2 Å². The van der Waals surface area contributed by atoms with Gasteiger partial charge in [-0.3, -0.25) is 4.90 Å². The van der Waals surface area contributed by atoms with Crippen LogP contribution in [-0.2, 0) is 4.74 Å². The molecule has 1 atom stereocenters. The number of halogens is 2. The van der Waals surface area contributed by atoms with E-state index < -0.39 is 0 Å². The van der Waals surface area contributed by atoms with Crippen LogP contribution in [0.3, 0.4) is 0 Å². The van der Waals surface area contributed by atoms with E-state index in [9.17, 15) is 0 Å². The molecule has 3 aliphatic rings. The van der Waals surface area contributed by atoms with Crippen molar-refractivity contribution in [3.05, 3.63) is 46.2 Å². The van der Waals surface area contributed by atoms with Gasteiger partial charge < -0.3 is 15.0 Å². The highest BCUT2D eigenvalue weighted by molar-refractivity contribution is 6.35. The van der Waals surface area contributed by atoms with Crippen LogP contribution in [0.1, 0.15) is 31.4 Å². The SMILES string of the molecule is C[C@@H](Nc1cc(N2CC(C3CCN(C4COC4)CC3)C2)nc2ncnn12)c1ccc(Cl)cc1Cl. The predicted molar refractivity (Wildman–Crippen MR) is 134 cm³/mol. The maximum absolute atomic E-state index is 6.44. The lowest BCUT2D eigenvalue weighted by molar-refractivity contribution is -0.0764. The van der Waals surface area contributed by atoms with E-state index in [0.29, 0.717) is 21.9 Å². The van der Waals surface area contributed by atoms with Crippen LogP contribution >= 0.6 is 23.2 Å². The molecule has 3 saturated heterocycles. The molecule has 180 valence electrons. The number of aromatic nitrogens is 4. The number of likely N-dealkylation sites (tertiary alicyclic amines) is 1. The molecule has 0 unspecified atom stereocenters. The Bertz CT molecular complexity index is 1170. The molecule has 5 heterocycles. The fourth-order valence-corrected chi connectivity index (χ4v) is 5.98. The molecule has 2 aromatic heterocycles. The van der Waals surface area contributed by atoms with Crippen LogP contribution in [-0.4, -0.2) is 69.9 Å². The zero-order chi connectivity index (χ0) is 23.2. The number of nitrogens with one attached hydrogen (secondary N) is 1. The number of benzene rings is 1. The predicted octanol–water partition coefficient (Wildman–Crippen LogP) is 4.15. The lowest BCUT2D eigenvalue weighted by Gasteiger charge is -2.48. The van der Waals surface area contributed by atoms with E-state index in [2.05, 4.69) is 38.2 Å². The first-order chi connectivity index (χ1) is 16.5. The van der Waals surface area contributed by atoms with E-state index >= 15 is 0 Å². The zero-order valence-electron chi connectivity index (χ0n) is 19.2. The lowest BCUT2D eigenvalue weighted by atomic mass is 9.79. The van der Waals surface area contributed by atoms with Crippen molar-refractivity contribution in [1.82, 2.24) is 24.5 Å². The summed E-state index contributed by atoms with van der Waals surface area (Å²) in [6.45, 7) is 8.41. The quantitative estimate of drug-likeness (QED) is 0.543. The Balaban J connectivity index is 1.13. The molecule has 0 radical (unpaired) electrons. The topological polar surface area (TPSA) is 70.8 Å². The molecule has 0 amide bonds. The van der Waals surface area contributed by atoms with E-state index in [1.807, 2.05) is 12.1 Å². The first-order valence-electron chi connectivity index (χ1n) is 12.0. The molecule has 10 heteroatoms. The molecule has 0 bridgehead atoms. The maximum atomic E-state index is 6.44. The van der Waals surface area contributed by atoms with Gasteiger partial charge in [0.1, 0.15) is 18.0 Å². The fraction of sp³-hybridized carbons (Fsp3) is 0.542. The monoisotopic (exact) mass is 501 g/mol. The third-order valence-electron chi connectivity index (χ3n) is 7.64. The van der Waals surface area contributed by atoms with Crippen LogP contribution in [0.5, 0.6) is 0 Å². The second kappa shape index (κ2) is 9.15. The van der Waals surface area contributed by atoms with Crippen molar-refractivity contribution in [3.63, 3.8) is 0 Å². The van der Waals surface area contributed by atoms with Gasteiger partial charge in [0.2, 0.25) is 0 Å². The summed E-state index contributed by atoms with van der Waals surface area (Å²) in [7, 11) is 0. The fourth-order valence-electron chi connectivity index (χ4n) is 5.40. The van der Waals surface area contributed by atoms with E-state index in [-0.39, 0.29) is 6.04 Å². The van der Waals surface area contributed by atoms with Crippen molar-refractivity contribution in [3.8, 4) is 0 Å². The minimum absolute atomic E-state index is 0.0391. The number of rotatable bonds is 6. The van der Waals surface area contributed by atoms with Gasteiger partial charge in [0.15, 0.2) is 0 Å². The summed E-state index contributed by atoms with van der Waals surface area (Å²) in [5.41, 5.74) is 0.974. The van der Waals surface area contributed by atoms with Gasteiger partial charge in [-0.25, -0.2) is 0 Å². The highest BCUT2D eigenvalue weighted by atomic mass is 35.5. The molecule has 0 aliphatic carbocycles. The summed E-state index contributed by atoms with van der Waals surface area (Å²) in [5.74, 6) is 3.91. The largest absolute Gasteiger partial charge is 0.378 e. The summed E-state index contributed by atoms with van der Waals surface area (Å²) >= 11 is 12.5. The van der Waals surface area contributed by atoms with Crippen LogP contribution in [0.2, 0.25) is 10.0 Å². The minimum Gasteiger partial charge on any atom is -0.378 e. The summed E-state index contributed by atoms with van der Waals surface area (Å²) in [6.07, 6.45) is 4.12. The van der Waals surface area contributed by atoms with E-state index in [0.717, 1.165) is 55.3 Å². The van der Waals surface area contributed by atoms with Crippen LogP contribution in [0.15, 0.2) is 30.6 Å². The molecule has 6 rings (SSSR count). The minimum atomic E-state index is -0.0391. The van der Waals surface area contributed by atoms with Gasteiger partial charge in [-0.2, -0.15) is 19.6 Å². The van der Waals surface area contributed by atoms with Crippen LogP contribution in [0.4, 0.5) is 11.6 Å². The summed E-state index contributed by atoms with van der Waals surface area (Å²) < 4.78 is 7.11. The molecule has 1 N–H and O–H groups in total. The number of anilines is 2. The summed E-state index contributed by atoms with van der Waals surface area (Å²) in [5, 5.41) is 9.17. The van der Waals surface area contributed by atoms with E-state index in [1.54, 1.807) is 10.6 Å². The van der Waals surface area contributed by atoms with Crippen LogP contribution in [0.25, 0.3) is 5.78 Å². The maximum Gasteiger partial charge on any atom is 0.256 e. The number of hydrogen-bond acceptors (Lipinski definition) is 7. The van der Waals surface area contributed by atoms with Gasteiger partial charge in [0.25, 0.3) is 5.78 Å². The standard InChI is InChI=1S/C24H29Cl2N7O/c1-15(20-3-2-18(25)8-21(20)26)29-23-9-22(30-24-27-14-28-33(23)24)32-10-17(11-32)16-4-6-31(7-5-16)19-12-34-13-19/h2-3,8-9,14-17,19,29H,4-7,10-13H2,1H3/t15-/m1/s1. The van der Waals surface area contributed by atoms with Gasteiger partial charge in [0.05, 0.1) is 25.3 Å². The Kier molecular flexibility index (Phi) is 6.01.